The average molecular weight is 438 g/mol. The Bertz CT molecular complexity index is 903. The molecule has 1 aliphatic heterocycles. The van der Waals surface area contributed by atoms with Gasteiger partial charge in [0.2, 0.25) is 0 Å². The van der Waals surface area contributed by atoms with Crippen molar-refractivity contribution in [2.75, 3.05) is 46.4 Å². The predicted molar refractivity (Wildman–Crippen MR) is 114 cm³/mol. The number of rotatable bonds is 6. The first-order valence-corrected chi connectivity index (χ1v) is 10.3. The van der Waals surface area contributed by atoms with Crippen LogP contribution in [0.4, 0.5) is 13.2 Å². The fourth-order valence-electron chi connectivity index (χ4n) is 3.56. The number of aliphatic imine (C=N–C) groups is 1. The number of nitrogens with one attached hydrogen (secondary N) is 2. The summed E-state index contributed by atoms with van der Waals surface area (Å²) >= 11 is 0. The van der Waals surface area contributed by atoms with Gasteiger partial charge in [-0.15, -0.1) is 0 Å². The Kier molecular flexibility index (Phi) is 7.55. The quantitative estimate of drug-likeness (QED) is 0.536. The minimum Gasteiger partial charge on any atom is -0.379 e. The van der Waals surface area contributed by atoms with E-state index < -0.39 is 11.7 Å². The zero-order chi connectivity index (χ0) is 22.4. The van der Waals surface area contributed by atoms with Crippen molar-refractivity contribution >= 4 is 5.96 Å². The Hall–Kier alpha value is -2.59. The number of halogens is 3. The fraction of sp³-hybridized carbons (Fsp3) is 0.524. The van der Waals surface area contributed by atoms with Crippen LogP contribution in [0.15, 0.2) is 29.3 Å². The van der Waals surface area contributed by atoms with Crippen molar-refractivity contribution < 1.29 is 17.9 Å². The normalized spacial score (nSPS) is 15.9. The third kappa shape index (κ3) is 6.20. The lowest BCUT2D eigenvalue weighted by Gasteiger charge is -2.26. The van der Waals surface area contributed by atoms with Crippen LogP contribution in [0, 0.1) is 13.8 Å². The number of benzene rings is 1. The van der Waals surface area contributed by atoms with Crippen LogP contribution >= 0.6 is 0 Å². The van der Waals surface area contributed by atoms with Gasteiger partial charge in [0.1, 0.15) is 0 Å². The second-order valence-corrected chi connectivity index (χ2v) is 7.48. The number of hydrogen-bond donors (Lipinski definition) is 2. The van der Waals surface area contributed by atoms with Gasteiger partial charge < -0.3 is 15.4 Å². The van der Waals surface area contributed by atoms with Gasteiger partial charge in [-0.1, -0.05) is 6.07 Å². The van der Waals surface area contributed by atoms with Crippen LogP contribution in [0.1, 0.15) is 22.5 Å². The molecular formula is C21H29F3N6O. The standard InChI is InChI=1S/C21H29F3N6O/c1-15-12-16(2)30(28-15)18-5-4-17(19(13-18)21(22,23)24)14-27-20(25-3)26-6-7-29-8-10-31-11-9-29/h4-5,12-13H,6-11,14H2,1-3H3,(H2,25,26,27). The molecule has 0 aliphatic carbocycles. The molecule has 0 unspecified atom stereocenters. The largest absolute Gasteiger partial charge is 0.416 e. The second-order valence-electron chi connectivity index (χ2n) is 7.48. The molecule has 0 atom stereocenters. The summed E-state index contributed by atoms with van der Waals surface area (Å²) < 4.78 is 48.1. The average Bonchev–Trinajstić information content (AvgIpc) is 3.08. The summed E-state index contributed by atoms with van der Waals surface area (Å²) in [6.07, 6.45) is -4.48. The van der Waals surface area contributed by atoms with Crippen molar-refractivity contribution in [3.8, 4) is 5.69 Å². The van der Waals surface area contributed by atoms with E-state index in [9.17, 15) is 13.2 Å². The van der Waals surface area contributed by atoms with Crippen LogP contribution in [-0.4, -0.2) is 67.1 Å². The van der Waals surface area contributed by atoms with E-state index in [1.807, 2.05) is 19.9 Å². The van der Waals surface area contributed by atoms with E-state index in [1.54, 1.807) is 13.1 Å². The minimum absolute atomic E-state index is 0.00344. The molecule has 3 rings (SSSR count). The van der Waals surface area contributed by atoms with E-state index in [0.29, 0.717) is 18.2 Å². The van der Waals surface area contributed by atoms with E-state index in [1.165, 1.54) is 10.7 Å². The predicted octanol–water partition coefficient (Wildman–Crippen LogP) is 2.51. The summed E-state index contributed by atoms with van der Waals surface area (Å²) in [4.78, 5) is 6.38. The van der Waals surface area contributed by atoms with E-state index >= 15 is 0 Å². The molecule has 1 aliphatic rings. The number of nitrogens with zero attached hydrogens (tertiary/aromatic N) is 4. The van der Waals surface area contributed by atoms with Crippen molar-refractivity contribution in [1.82, 2.24) is 25.3 Å². The molecule has 170 valence electrons. The third-order valence-electron chi connectivity index (χ3n) is 5.15. The molecule has 31 heavy (non-hydrogen) atoms. The molecule has 0 bridgehead atoms. The Balaban J connectivity index is 1.66. The van der Waals surface area contributed by atoms with Gasteiger partial charge in [-0.3, -0.25) is 9.89 Å². The van der Waals surface area contributed by atoms with Crippen LogP contribution in [0.3, 0.4) is 0 Å². The first kappa shape index (κ1) is 23.1. The maximum atomic E-state index is 13.7. The molecule has 1 saturated heterocycles. The van der Waals surface area contributed by atoms with Crippen LogP contribution in [0.2, 0.25) is 0 Å². The van der Waals surface area contributed by atoms with Crippen molar-refractivity contribution in [1.29, 1.82) is 0 Å². The molecular weight excluding hydrogens is 409 g/mol. The first-order valence-electron chi connectivity index (χ1n) is 10.3. The van der Waals surface area contributed by atoms with Crippen molar-refractivity contribution in [2.24, 2.45) is 4.99 Å². The monoisotopic (exact) mass is 438 g/mol. The highest BCUT2D eigenvalue weighted by Gasteiger charge is 2.34. The van der Waals surface area contributed by atoms with Gasteiger partial charge in [-0.25, -0.2) is 4.68 Å². The Morgan fingerprint density at radius 2 is 1.90 bits per heavy atom. The van der Waals surface area contributed by atoms with Gasteiger partial charge >= 0.3 is 6.18 Å². The summed E-state index contributed by atoms with van der Waals surface area (Å²) in [6.45, 7) is 8.29. The molecule has 1 fully saturated rings. The van der Waals surface area contributed by atoms with E-state index in [2.05, 4.69) is 25.6 Å². The molecule has 2 aromatic rings. The van der Waals surface area contributed by atoms with E-state index in [4.69, 9.17) is 4.74 Å². The summed E-state index contributed by atoms with van der Waals surface area (Å²) in [5.41, 5.74) is 1.38. The molecule has 0 spiro atoms. The van der Waals surface area contributed by atoms with Crippen LogP contribution in [0.25, 0.3) is 5.69 Å². The highest BCUT2D eigenvalue weighted by Crippen LogP contribution is 2.33. The number of hydrogen-bond acceptors (Lipinski definition) is 4. The molecule has 0 radical (unpaired) electrons. The molecule has 7 nitrogen and oxygen atoms in total. The molecule has 2 N–H and O–H groups in total. The second kappa shape index (κ2) is 10.1. The van der Waals surface area contributed by atoms with Gasteiger partial charge in [0.25, 0.3) is 0 Å². The lowest BCUT2D eigenvalue weighted by Crippen LogP contribution is -2.44. The minimum atomic E-state index is -4.48. The van der Waals surface area contributed by atoms with Crippen molar-refractivity contribution in [2.45, 2.75) is 26.6 Å². The number of aryl methyl sites for hydroxylation is 2. The van der Waals surface area contributed by atoms with Gasteiger partial charge in [0.05, 0.1) is 30.2 Å². The Morgan fingerprint density at radius 1 is 1.16 bits per heavy atom. The Morgan fingerprint density at radius 3 is 2.52 bits per heavy atom. The molecule has 0 amide bonds. The summed E-state index contributed by atoms with van der Waals surface area (Å²) in [6, 6.07) is 6.11. The third-order valence-corrected chi connectivity index (χ3v) is 5.15. The molecule has 1 aromatic carbocycles. The van der Waals surface area contributed by atoms with Crippen LogP contribution < -0.4 is 10.6 Å². The van der Waals surface area contributed by atoms with E-state index in [0.717, 1.165) is 50.3 Å². The summed E-state index contributed by atoms with van der Waals surface area (Å²) in [5.74, 6) is 0.462. The zero-order valence-corrected chi connectivity index (χ0v) is 18.1. The number of guanidine groups is 1. The topological polar surface area (TPSA) is 66.7 Å². The Labute approximate surface area is 180 Å². The lowest BCUT2D eigenvalue weighted by molar-refractivity contribution is -0.138. The number of morpholine rings is 1. The first-order chi connectivity index (χ1) is 14.8. The highest BCUT2D eigenvalue weighted by molar-refractivity contribution is 5.79. The number of ether oxygens (including phenoxy) is 1. The smallest absolute Gasteiger partial charge is 0.379 e. The maximum Gasteiger partial charge on any atom is 0.416 e. The summed E-state index contributed by atoms with van der Waals surface area (Å²) in [7, 11) is 1.60. The van der Waals surface area contributed by atoms with Gasteiger partial charge in [-0.05, 0) is 37.6 Å². The summed E-state index contributed by atoms with van der Waals surface area (Å²) in [5, 5.41) is 10.4. The van der Waals surface area contributed by atoms with Crippen molar-refractivity contribution in [3.05, 3.63) is 46.8 Å². The fourth-order valence-corrected chi connectivity index (χ4v) is 3.56. The van der Waals surface area contributed by atoms with Crippen LogP contribution in [-0.2, 0) is 17.5 Å². The molecule has 0 saturated carbocycles. The number of aromatic nitrogens is 2. The van der Waals surface area contributed by atoms with Gasteiger partial charge in [0, 0.05) is 45.5 Å². The highest BCUT2D eigenvalue weighted by atomic mass is 19.4. The molecule has 2 heterocycles. The van der Waals surface area contributed by atoms with Gasteiger partial charge in [-0.2, -0.15) is 18.3 Å². The van der Waals surface area contributed by atoms with E-state index in [-0.39, 0.29) is 12.1 Å². The molecule has 10 heteroatoms. The van der Waals surface area contributed by atoms with Crippen LogP contribution in [0.5, 0.6) is 0 Å². The lowest BCUT2D eigenvalue weighted by atomic mass is 10.1. The number of alkyl halides is 3. The molecule has 1 aromatic heterocycles. The maximum absolute atomic E-state index is 13.7. The SMILES string of the molecule is CN=C(NCCN1CCOCC1)NCc1ccc(-n2nc(C)cc2C)cc1C(F)(F)F. The van der Waals surface area contributed by atoms with Gasteiger partial charge in [0.15, 0.2) is 5.96 Å². The van der Waals surface area contributed by atoms with Crippen molar-refractivity contribution in [3.63, 3.8) is 0 Å². The zero-order valence-electron chi connectivity index (χ0n) is 18.1.